The summed E-state index contributed by atoms with van der Waals surface area (Å²) in [5.41, 5.74) is 4.84. The van der Waals surface area contributed by atoms with E-state index in [9.17, 15) is 9.59 Å². The minimum absolute atomic E-state index is 0.412. The summed E-state index contributed by atoms with van der Waals surface area (Å²) in [5.74, 6) is -0.138. The summed E-state index contributed by atoms with van der Waals surface area (Å²) in [5, 5.41) is 4.84. The molecule has 1 saturated heterocycles. The van der Waals surface area contributed by atoms with Crippen LogP contribution in [-0.2, 0) is 4.79 Å². The Balaban J connectivity index is 1.24. The van der Waals surface area contributed by atoms with Crippen LogP contribution < -0.4 is 5.32 Å². The molecule has 0 atom stereocenters. The Morgan fingerprint density at radius 2 is 1.66 bits per heavy atom. The summed E-state index contributed by atoms with van der Waals surface area (Å²) in [4.78, 5) is 37.9. The van der Waals surface area contributed by atoms with Gasteiger partial charge in [-0.25, -0.2) is 4.99 Å². The highest BCUT2D eigenvalue weighted by Gasteiger charge is 2.30. The number of benzene rings is 3. The van der Waals surface area contributed by atoms with Gasteiger partial charge in [0.05, 0.1) is 16.9 Å². The van der Waals surface area contributed by atoms with Crippen LogP contribution in [0.2, 0.25) is 5.02 Å². The number of aliphatic imine (C=N–C) groups is 1. The second kappa shape index (κ2) is 8.60. The van der Waals surface area contributed by atoms with E-state index in [1.807, 2.05) is 66.7 Å². The molecule has 8 heteroatoms. The number of carbonyl (C=O) groups excluding carboxylic acids is 2. The zero-order chi connectivity index (χ0) is 23.9. The van der Waals surface area contributed by atoms with Gasteiger partial charge in [-0.05, 0) is 36.4 Å². The highest BCUT2D eigenvalue weighted by atomic mass is 35.5. The number of amidine groups is 1. The number of nitrogens with one attached hydrogen (secondary N) is 2. The number of hydrogen-bond donors (Lipinski definition) is 2. The number of ketones is 1. The number of rotatable bonds is 2. The fraction of sp³-hybridized carbons (Fsp3) is 0.148. The number of fused-ring (bicyclic) bond motifs is 3. The average molecular weight is 484 g/mol. The van der Waals surface area contributed by atoms with Gasteiger partial charge in [-0.15, -0.1) is 0 Å². The van der Waals surface area contributed by atoms with Gasteiger partial charge in [0, 0.05) is 59.6 Å². The van der Waals surface area contributed by atoms with Gasteiger partial charge in [-0.3, -0.25) is 9.59 Å². The lowest BCUT2D eigenvalue weighted by molar-refractivity contribution is -0.127. The Bertz CT molecular complexity index is 1500. The first-order chi connectivity index (χ1) is 17.1. The van der Waals surface area contributed by atoms with Crippen molar-refractivity contribution in [3.8, 4) is 0 Å². The molecule has 0 unspecified atom stereocenters. The molecule has 2 N–H and O–H groups in total. The SMILES string of the molecule is O=C(C(=O)N1CCN(C2=Nc3cc(Cl)ccc3Nc3ccccc32)CC1)c1c[nH]c2ccccc12. The van der Waals surface area contributed by atoms with Crippen LogP contribution in [-0.4, -0.2) is 58.5 Å². The molecule has 7 nitrogen and oxygen atoms in total. The second-order valence-electron chi connectivity index (χ2n) is 8.62. The monoisotopic (exact) mass is 483 g/mol. The molecule has 2 aliphatic rings. The number of Topliss-reactive ketones (excluding diaryl/α,β-unsaturated/α-hetero) is 1. The molecule has 0 radical (unpaired) electrons. The zero-order valence-electron chi connectivity index (χ0n) is 18.8. The van der Waals surface area contributed by atoms with Crippen molar-refractivity contribution in [2.75, 3.05) is 31.5 Å². The molecule has 6 rings (SSSR count). The van der Waals surface area contributed by atoms with Crippen LogP contribution in [0.3, 0.4) is 0 Å². The third kappa shape index (κ3) is 3.84. The number of carbonyl (C=O) groups is 2. The number of halogens is 1. The lowest BCUT2D eigenvalue weighted by atomic mass is 10.1. The van der Waals surface area contributed by atoms with Crippen molar-refractivity contribution in [1.82, 2.24) is 14.8 Å². The fourth-order valence-corrected chi connectivity index (χ4v) is 4.86. The molecule has 4 aromatic rings. The summed E-state index contributed by atoms with van der Waals surface area (Å²) in [6.07, 6.45) is 1.62. The van der Waals surface area contributed by atoms with E-state index < -0.39 is 11.7 Å². The maximum absolute atomic E-state index is 13.1. The number of aromatic nitrogens is 1. The van der Waals surface area contributed by atoms with E-state index in [1.165, 1.54) is 0 Å². The Morgan fingerprint density at radius 1 is 0.886 bits per heavy atom. The standard InChI is InChI=1S/C27H22ClN5O2/c28-17-9-10-23-24(15-17)31-26(19-6-2-4-8-22(19)30-23)32-11-13-33(14-12-32)27(35)25(34)20-16-29-21-7-3-1-5-18(20)21/h1-10,15-16,29-30H,11-14H2. The molecule has 3 aromatic carbocycles. The highest BCUT2D eigenvalue weighted by molar-refractivity contribution is 6.44. The molecule has 0 spiro atoms. The van der Waals surface area contributed by atoms with Gasteiger partial charge in [0.25, 0.3) is 11.7 Å². The van der Waals surface area contributed by atoms with Crippen molar-refractivity contribution in [3.63, 3.8) is 0 Å². The Labute approximate surface area is 207 Å². The van der Waals surface area contributed by atoms with Crippen molar-refractivity contribution in [2.24, 2.45) is 4.99 Å². The van der Waals surface area contributed by atoms with Crippen LogP contribution in [0.15, 0.2) is 77.9 Å². The smallest absolute Gasteiger partial charge is 0.295 e. The number of aromatic amines is 1. The summed E-state index contributed by atoms with van der Waals surface area (Å²) >= 11 is 6.25. The summed E-state index contributed by atoms with van der Waals surface area (Å²) < 4.78 is 0. The molecule has 0 aliphatic carbocycles. The molecule has 1 amide bonds. The highest BCUT2D eigenvalue weighted by Crippen LogP contribution is 2.36. The zero-order valence-corrected chi connectivity index (χ0v) is 19.5. The van der Waals surface area contributed by atoms with Gasteiger partial charge in [0.15, 0.2) is 0 Å². The van der Waals surface area contributed by atoms with Crippen molar-refractivity contribution in [1.29, 1.82) is 0 Å². The average Bonchev–Trinajstić information content (AvgIpc) is 3.25. The molecular weight excluding hydrogens is 462 g/mol. The number of piperazine rings is 1. The quantitative estimate of drug-likeness (QED) is 0.311. The van der Waals surface area contributed by atoms with E-state index in [2.05, 4.69) is 15.2 Å². The van der Waals surface area contributed by atoms with E-state index in [1.54, 1.807) is 11.1 Å². The van der Waals surface area contributed by atoms with Crippen molar-refractivity contribution in [2.45, 2.75) is 0 Å². The van der Waals surface area contributed by atoms with Crippen LogP contribution in [0.1, 0.15) is 15.9 Å². The number of anilines is 2. The molecule has 174 valence electrons. The fourth-order valence-electron chi connectivity index (χ4n) is 4.69. The Hall–Kier alpha value is -4.10. The molecule has 0 saturated carbocycles. The van der Waals surface area contributed by atoms with Gasteiger partial charge >= 0.3 is 0 Å². The number of para-hydroxylation sites is 2. The topological polar surface area (TPSA) is 80.8 Å². The number of nitrogens with zero attached hydrogens (tertiary/aromatic N) is 3. The molecule has 1 fully saturated rings. The first-order valence-corrected chi connectivity index (χ1v) is 11.9. The first kappa shape index (κ1) is 21.4. The van der Waals surface area contributed by atoms with Crippen LogP contribution in [0.5, 0.6) is 0 Å². The van der Waals surface area contributed by atoms with Crippen LogP contribution in [0, 0.1) is 0 Å². The van der Waals surface area contributed by atoms with Gasteiger partial charge in [0.2, 0.25) is 0 Å². The van der Waals surface area contributed by atoms with E-state index >= 15 is 0 Å². The molecule has 2 aliphatic heterocycles. The molecular formula is C27H22ClN5O2. The molecule has 0 bridgehead atoms. The summed E-state index contributed by atoms with van der Waals surface area (Å²) in [6, 6.07) is 21.1. The minimum atomic E-state index is -0.485. The van der Waals surface area contributed by atoms with Gasteiger partial charge in [-0.2, -0.15) is 0 Å². The maximum atomic E-state index is 13.1. The Kier molecular flexibility index (Phi) is 5.26. The largest absolute Gasteiger partial charge is 0.360 e. The summed E-state index contributed by atoms with van der Waals surface area (Å²) in [6.45, 7) is 2.00. The number of amides is 1. The third-order valence-corrected chi connectivity index (χ3v) is 6.75. The second-order valence-corrected chi connectivity index (χ2v) is 9.06. The lowest BCUT2D eigenvalue weighted by Gasteiger charge is -2.36. The van der Waals surface area contributed by atoms with Gasteiger partial charge < -0.3 is 20.1 Å². The van der Waals surface area contributed by atoms with E-state index in [0.29, 0.717) is 36.8 Å². The first-order valence-electron chi connectivity index (χ1n) is 11.5. The predicted octanol–water partition coefficient (Wildman–Crippen LogP) is 4.98. The van der Waals surface area contributed by atoms with E-state index in [0.717, 1.165) is 39.4 Å². The predicted molar refractivity (Wildman–Crippen MR) is 138 cm³/mol. The van der Waals surface area contributed by atoms with Gasteiger partial charge in [-0.1, -0.05) is 41.9 Å². The maximum Gasteiger partial charge on any atom is 0.295 e. The van der Waals surface area contributed by atoms with Crippen molar-refractivity contribution in [3.05, 3.63) is 89.1 Å². The van der Waals surface area contributed by atoms with Crippen LogP contribution in [0.4, 0.5) is 17.1 Å². The van der Waals surface area contributed by atoms with E-state index in [-0.39, 0.29) is 0 Å². The third-order valence-electron chi connectivity index (χ3n) is 6.52. The molecule has 35 heavy (non-hydrogen) atoms. The Morgan fingerprint density at radius 3 is 2.51 bits per heavy atom. The van der Waals surface area contributed by atoms with Crippen molar-refractivity contribution < 1.29 is 9.59 Å². The molecule has 3 heterocycles. The van der Waals surface area contributed by atoms with E-state index in [4.69, 9.17) is 16.6 Å². The lowest BCUT2D eigenvalue weighted by Crippen LogP contribution is -2.52. The molecule has 1 aromatic heterocycles. The number of hydrogen-bond acceptors (Lipinski definition) is 5. The van der Waals surface area contributed by atoms with Gasteiger partial charge in [0.1, 0.15) is 5.84 Å². The van der Waals surface area contributed by atoms with Crippen molar-refractivity contribution >= 4 is 57.1 Å². The van der Waals surface area contributed by atoms with Crippen LogP contribution >= 0.6 is 11.6 Å². The normalized spacial score (nSPS) is 15.1. The summed E-state index contributed by atoms with van der Waals surface area (Å²) in [7, 11) is 0. The number of H-pyrrole nitrogens is 1. The minimum Gasteiger partial charge on any atom is -0.360 e. The van der Waals surface area contributed by atoms with Crippen LogP contribution in [0.25, 0.3) is 10.9 Å².